The molecule has 1 aliphatic rings. The maximum atomic E-state index is 12.5. The second-order valence-electron chi connectivity index (χ2n) is 6.70. The summed E-state index contributed by atoms with van der Waals surface area (Å²) >= 11 is 0. The molecule has 2 aromatic carbocycles. The first-order valence-corrected chi connectivity index (χ1v) is 9.07. The standard InChI is InChI=1S/C21H27N3O2/c1-23-12-14-24(15-13-23)20(17-6-4-3-5-7-17)16-22-21(25)18-8-10-19(26-2)11-9-18/h3-11,20H,12-16H2,1-2H3,(H,22,25). The Kier molecular flexibility index (Phi) is 6.26. The van der Waals surface area contributed by atoms with E-state index in [-0.39, 0.29) is 11.9 Å². The number of carbonyl (C=O) groups excluding carboxylic acids is 1. The SMILES string of the molecule is COc1ccc(C(=O)NCC(c2ccccc2)N2CCN(C)CC2)cc1. The van der Waals surface area contributed by atoms with Crippen LogP contribution in [0.1, 0.15) is 22.0 Å². The molecule has 138 valence electrons. The highest BCUT2D eigenvalue weighted by molar-refractivity contribution is 5.94. The van der Waals surface area contributed by atoms with Crippen molar-refractivity contribution in [3.05, 3.63) is 65.7 Å². The molecule has 0 saturated carbocycles. The summed E-state index contributed by atoms with van der Waals surface area (Å²) in [6.07, 6.45) is 0. The summed E-state index contributed by atoms with van der Waals surface area (Å²) in [5.74, 6) is 0.698. The summed E-state index contributed by atoms with van der Waals surface area (Å²) in [4.78, 5) is 17.3. The lowest BCUT2D eigenvalue weighted by Crippen LogP contribution is -2.48. The molecule has 1 aliphatic heterocycles. The summed E-state index contributed by atoms with van der Waals surface area (Å²) < 4.78 is 5.15. The number of hydrogen-bond acceptors (Lipinski definition) is 4. The molecule has 1 heterocycles. The van der Waals surface area contributed by atoms with E-state index in [0.29, 0.717) is 12.1 Å². The van der Waals surface area contributed by atoms with Crippen LogP contribution in [0.3, 0.4) is 0 Å². The van der Waals surface area contributed by atoms with Crippen LogP contribution >= 0.6 is 0 Å². The van der Waals surface area contributed by atoms with Crippen molar-refractivity contribution in [2.75, 3.05) is 46.9 Å². The zero-order valence-corrected chi connectivity index (χ0v) is 15.5. The van der Waals surface area contributed by atoms with Crippen LogP contribution in [-0.2, 0) is 0 Å². The number of piperazine rings is 1. The van der Waals surface area contributed by atoms with E-state index in [0.717, 1.165) is 31.9 Å². The molecule has 1 fully saturated rings. The zero-order valence-electron chi connectivity index (χ0n) is 15.5. The Labute approximate surface area is 155 Å². The number of likely N-dealkylation sites (N-methyl/N-ethyl adjacent to an activating group) is 1. The molecular weight excluding hydrogens is 326 g/mol. The smallest absolute Gasteiger partial charge is 0.251 e. The summed E-state index contributed by atoms with van der Waals surface area (Å²) in [5.41, 5.74) is 1.89. The van der Waals surface area contributed by atoms with E-state index in [4.69, 9.17) is 4.74 Å². The number of nitrogens with zero attached hydrogens (tertiary/aromatic N) is 2. The van der Waals surface area contributed by atoms with Gasteiger partial charge in [0.25, 0.3) is 5.91 Å². The maximum absolute atomic E-state index is 12.5. The number of benzene rings is 2. The van der Waals surface area contributed by atoms with Crippen LogP contribution in [0.4, 0.5) is 0 Å². The van der Waals surface area contributed by atoms with Gasteiger partial charge in [0.1, 0.15) is 5.75 Å². The van der Waals surface area contributed by atoms with Crippen molar-refractivity contribution in [3.8, 4) is 5.75 Å². The molecule has 1 unspecified atom stereocenters. The minimum atomic E-state index is -0.0530. The van der Waals surface area contributed by atoms with Crippen LogP contribution in [0.15, 0.2) is 54.6 Å². The van der Waals surface area contributed by atoms with Gasteiger partial charge in [-0.3, -0.25) is 9.69 Å². The molecule has 26 heavy (non-hydrogen) atoms. The quantitative estimate of drug-likeness (QED) is 0.866. The van der Waals surface area contributed by atoms with Gasteiger partial charge in [0.2, 0.25) is 0 Å². The number of nitrogens with one attached hydrogen (secondary N) is 1. The third kappa shape index (κ3) is 4.62. The first-order chi connectivity index (χ1) is 12.7. The summed E-state index contributed by atoms with van der Waals surface area (Å²) in [5, 5.41) is 3.11. The second-order valence-corrected chi connectivity index (χ2v) is 6.70. The molecule has 0 bridgehead atoms. The first-order valence-electron chi connectivity index (χ1n) is 9.07. The third-order valence-electron chi connectivity index (χ3n) is 4.97. The minimum absolute atomic E-state index is 0.0530. The predicted molar refractivity (Wildman–Crippen MR) is 104 cm³/mol. The Morgan fingerprint density at radius 2 is 1.69 bits per heavy atom. The Hall–Kier alpha value is -2.37. The molecule has 5 nitrogen and oxygen atoms in total. The van der Waals surface area contributed by atoms with Crippen molar-refractivity contribution in [2.24, 2.45) is 0 Å². The van der Waals surface area contributed by atoms with Gasteiger partial charge in [-0.15, -0.1) is 0 Å². The lowest BCUT2D eigenvalue weighted by molar-refractivity contribution is 0.0886. The monoisotopic (exact) mass is 353 g/mol. The fourth-order valence-corrected chi connectivity index (χ4v) is 3.30. The van der Waals surface area contributed by atoms with Gasteiger partial charge < -0.3 is 15.0 Å². The average Bonchev–Trinajstić information content (AvgIpc) is 2.70. The van der Waals surface area contributed by atoms with E-state index in [9.17, 15) is 4.79 Å². The van der Waals surface area contributed by atoms with Crippen molar-refractivity contribution >= 4 is 5.91 Å². The van der Waals surface area contributed by atoms with Crippen LogP contribution in [0.2, 0.25) is 0 Å². The molecule has 0 spiro atoms. The number of carbonyl (C=O) groups is 1. The highest BCUT2D eigenvalue weighted by atomic mass is 16.5. The molecule has 0 radical (unpaired) electrons. The number of rotatable bonds is 6. The van der Waals surface area contributed by atoms with Gasteiger partial charge in [0.15, 0.2) is 0 Å². The Morgan fingerprint density at radius 3 is 2.31 bits per heavy atom. The fourth-order valence-electron chi connectivity index (χ4n) is 3.30. The lowest BCUT2D eigenvalue weighted by atomic mass is 10.0. The highest BCUT2D eigenvalue weighted by Gasteiger charge is 2.24. The summed E-state index contributed by atoms with van der Waals surface area (Å²) in [6.45, 7) is 4.72. The van der Waals surface area contributed by atoms with Crippen LogP contribution in [0.5, 0.6) is 5.75 Å². The molecule has 1 amide bonds. The molecule has 1 saturated heterocycles. The van der Waals surface area contributed by atoms with Crippen LogP contribution in [0.25, 0.3) is 0 Å². The van der Waals surface area contributed by atoms with Gasteiger partial charge in [-0.1, -0.05) is 30.3 Å². The van der Waals surface area contributed by atoms with Crippen molar-refractivity contribution in [1.82, 2.24) is 15.1 Å². The van der Waals surface area contributed by atoms with Crippen molar-refractivity contribution in [3.63, 3.8) is 0 Å². The Morgan fingerprint density at radius 1 is 1.04 bits per heavy atom. The largest absolute Gasteiger partial charge is 0.497 e. The molecule has 1 atom stereocenters. The molecule has 0 aromatic heterocycles. The Bertz CT molecular complexity index is 695. The molecular formula is C21H27N3O2. The van der Waals surface area contributed by atoms with E-state index in [2.05, 4.69) is 46.4 Å². The van der Waals surface area contributed by atoms with Gasteiger partial charge in [-0.05, 0) is 36.9 Å². The normalized spacial score (nSPS) is 16.8. The number of hydrogen-bond donors (Lipinski definition) is 1. The molecule has 0 aliphatic carbocycles. The van der Waals surface area contributed by atoms with Crippen molar-refractivity contribution in [1.29, 1.82) is 0 Å². The van der Waals surface area contributed by atoms with Crippen LogP contribution in [0, 0.1) is 0 Å². The van der Waals surface area contributed by atoms with Gasteiger partial charge >= 0.3 is 0 Å². The van der Waals surface area contributed by atoms with Crippen molar-refractivity contribution in [2.45, 2.75) is 6.04 Å². The Balaban J connectivity index is 1.68. The number of amides is 1. The fraction of sp³-hybridized carbons (Fsp3) is 0.381. The van der Waals surface area contributed by atoms with Gasteiger partial charge in [0.05, 0.1) is 13.2 Å². The molecule has 1 N–H and O–H groups in total. The first kappa shape index (κ1) is 18.4. The van der Waals surface area contributed by atoms with E-state index in [1.807, 2.05) is 18.2 Å². The second kappa shape index (κ2) is 8.83. The number of methoxy groups -OCH3 is 1. The molecule has 3 rings (SSSR count). The van der Waals surface area contributed by atoms with E-state index in [1.54, 1.807) is 19.2 Å². The third-order valence-corrected chi connectivity index (χ3v) is 4.97. The zero-order chi connectivity index (χ0) is 18.4. The highest BCUT2D eigenvalue weighted by Crippen LogP contribution is 2.21. The summed E-state index contributed by atoms with van der Waals surface area (Å²) in [7, 11) is 3.77. The summed E-state index contributed by atoms with van der Waals surface area (Å²) in [6, 6.07) is 17.8. The van der Waals surface area contributed by atoms with Crippen molar-refractivity contribution < 1.29 is 9.53 Å². The van der Waals surface area contributed by atoms with Crippen LogP contribution in [-0.4, -0.2) is 62.6 Å². The molecule has 5 heteroatoms. The maximum Gasteiger partial charge on any atom is 0.251 e. The van der Waals surface area contributed by atoms with Gasteiger partial charge in [-0.2, -0.15) is 0 Å². The number of ether oxygens (including phenoxy) is 1. The minimum Gasteiger partial charge on any atom is -0.497 e. The molecule has 2 aromatic rings. The van der Waals surface area contributed by atoms with Crippen LogP contribution < -0.4 is 10.1 Å². The van der Waals surface area contributed by atoms with Gasteiger partial charge in [-0.25, -0.2) is 0 Å². The van der Waals surface area contributed by atoms with E-state index < -0.39 is 0 Å². The predicted octanol–water partition coefficient (Wildman–Crippen LogP) is 2.41. The topological polar surface area (TPSA) is 44.8 Å². The van der Waals surface area contributed by atoms with E-state index >= 15 is 0 Å². The lowest BCUT2D eigenvalue weighted by Gasteiger charge is -2.38. The van der Waals surface area contributed by atoms with Gasteiger partial charge in [0, 0.05) is 38.3 Å². The average molecular weight is 353 g/mol. The van der Waals surface area contributed by atoms with E-state index in [1.165, 1.54) is 5.56 Å².